The topological polar surface area (TPSA) is 20.3 Å². The van der Waals surface area contributed by atoms with Crippen LogP contribution in [0, 0.1) is 5.92 Å². The number of hydrogen-bond donors (Lipinski definition) is 0. The minimum atomic E-state index is -0.000185. The third-order valence-corrected chi connectivity index (χ3v) is 2.88. The molecule has 0 rings (SSSR count). The molecule has 2 heteroatoms. The van der Waals surface area contributed by atoms with Crippen molar-refractivity contribution in [3.63, 3.8) is 0 Å². The molecule has 0 aliphatic rings. The molecule has 0 aliphatic carbocycles. The molecular weight excluding hydrogens is 186 g/mol. The van der Waals surface area contributed by atoms with Crippen LogP contribution in [0.25, 0.3) is 0 Å². The van der Waals surface area contributed by atoms with Gasteiger partial charge in [0.25, 0.3) is 0 Å². The van der Waals surface area contributed by atoms with Crippen LogP contribution in [-0.2, 0) is 4.79 Å². The van der Waals surface area contributed by atoms with Crippen LogP contribution in [0.5, 0.6) is 0 Å². The van der Waals surface area contributed by atoms with Gasteiger partial charge in [-0.25, -0.2) is 0 Å². The molecular formula is C13H25NO. The number of rotatable bonds is 4. The van der Waals surface area contributed by atoms with E-state index in [-0.39, 0.29) is 23.9 Å². The molecule has 0 spiro atoms. The summed E-state index contributed by atoms with van der Waals surface area (Å²) in [5, 5.41) is 0. The predicted octanol–water partition coefficient (Wildman–Crippen LogP) is 3.23. The molecule has 88 valence electrons. The summed E-state index contributed by atoms with van der Waals surface area (Å²) in [5.74, 6) is 0.232. The predicted molar refractivity (Wildman–Crippen MR) is 65.7 cm³/mol. The Hall–Kier alpha value is -0.790. The van der Waals surface area contributed by atoms with E-state index in [1.54, 1.807) is 0 Å². The molecule has 0 radical (unpaired) electrons. The Morgan fingerprint density at radius 3 is 1.73 bits per heavy atom. The second-order valence-electron chi connectivity index (χ2n) is 4.69. The summed E-state index contributed by atoms with van der Waals surface area (Å²) in [6, 6.07) is 0.536. The van der Waals surface area contributed by atoms with Crippen LogP contribution in [-0.4, -0.2) is 22.9 Å². The minimum Gasteiger partial charge on any atom is -0.337 e. The van der Waals surface area contributed by atoms with Crippen molar-refractivity contribution in [3.8, 4) is 0 Å². The molecule has 0 fully saturated rings. The number of amides is 1. The highest BCUT2D eigenvalue weighted by molar-refractivity contribution is 5.81. The van der Waals surface area contributed by atoms with Crippen molar-refractivity contribution in [1.82, 2.24) is 4.90 Å². The second-order valence-corrected chi connectivity index (χ2v) is 4.69. The smallest absolute Gasteiger partial charge is 0.229 e. The molecule has 0 heterocycles. The molecule has 0 bridgehead atoms. The van der Waals surface area contributed by atoms with Crippen LogP contribution in [0.2, 0.25) is 0 Å². The zero-order valence-corrected chi connectivity index (χ0v) is 11.2. The Kier molecular flexibility index (Phi) is 5.63. The van der Waals surface area contributed by atoms with E-state index < -0.39 is 0 Å². The lowest BCUT2D eigenvalue weighted by molar-refractivity contribution is -0.137. The molecule has 0 N–H and O–H groups in total. The fourth-order valence-corrected chi connectivity index (χ4v) is 1.77. The maximum absolute atomic E-state index is 12.2. The van der Waals surface area contributed by atoms with Gasteiger partial charge in [-0.1, -0.05) is 11.6 Å². The molecule has 1 amide bonds. The van der Waals surface area contributed by atoms with Crippen molar-refractivity contribution in [1.29, 1.82) is 0 Å². The van der Waals surface area contributed by atoms with E-state index in [9.17, 15) is 4.79 Å². The Morgan fingerprint density at radius 2 is 1.47 bits per heavy atom. The van der Waals surface area contributed by atoms with Crippen LogP contribution in [0.15, 0.2) is 11.6 Å². The lowest BCUT2D eigenvalue weighted by Crippen LogP contribution is -2.44. The summed E-state index contributed by atoms with van der Waals surface area (Å²) in [6.07, 6.45) is 2.02. The van der Waals surface area contributed by atoms with Crippen LogP contribution < -0.4 is 0 Å². The number of carbonyl (C=O) groups is 1. The van der Waals surface area contributed by atoms with Crippen molar-refractivity contribution >= 4 is 5.91 Å². The van der Waals surface area contributed by atoms with Crippen LogP contribution in [0.4, 0.5) is 0 Å². The first-order valence-electron chi connectivity index (χ1n) is 5.77. The van der Waals surface area contributed by atoms with E-state index in [1.807, 2.05) is 31.7 Å². The number of allylic oxidation sites excluding steroid dienone is 1. The Balaban J connectivity index is 4.80. The molecule has 1 atom stereocenters. The first-order valence-corrected chi connectivity index (χ1v) is 5.77. The van der Waals surface area contributed by atoms with Gasteiger partial charge < -0.3 is 4.90 Å². The van der Waals surface area contributed by atoms with Gasteiger partial charge in [0.15, 0.2) is 0 Å². The Bertz CT molecular complexity index is 233. The van der Waals surface area contributed by atoms with Gasteiger partial charge in [0.2, 0.25) is 5.91 Å². The molecule has 0 aliphatic heterocycles. The van der Waals surface area contributed by atoms with Crippen LogP contribution >= 0.6 is 0 Å². The number of carbonyl (C=O) groups excluding carboxylic acids is 1. The fraction of sp³-hybridized carbons (Fsp3) is 0.769. The monoisotopic (exact) mass is 211 g/mol. The van der Waals surface area contributed by atoms with Gasteiger partial charge in [-0.2, -0.15) is 0 Å². The summed E-state index contributed by atoms with van der Waals surface area (Å²) in [4.78, 5) is 14.2. The summed E-state index contributed by atoms with van der Waals surface area (Å²) in [6.45, 7) is 14.2. The molecule has 0 saturated carbocycles. The summed E-state index contributed by atoms with van der Waals surface area (Å²) in [5.41, 5.74) is 1.14. The van der Waals surface area contributed by atoms with Gasteiger partial charge in [0, 0.05) is 12.1 Å². The minimum absolute atomic E-state index is 0.000185. The van der Waals surface area contributed by atoms with Gasteiger partial charge in [-0.05, 0) is 48.5 Å². The largest absolute Gasteiger partial charge is 0.337 e. The van der Waals surface area contributed by atoms with Crippen molar-refractivity contribution in [2.75, 3.05) is 0 Å². The first kappa shape index (κ1) is 14.2. The molecule has 0 aromatic carbocycles. The molecule has 0 saturated heterocycles. The lowest BCUT2D eigenvalue weighted by Gasteiger charge is -2.33. The fourth-order valence-electron chi connectivity index (χ4n) is 1.77. The second kappa shape index (κ2) is 5.94. The Labute approximate surface area is 94.4 Å². The van der Waals surface area contributed by atoms with Gasteiger partial charge in [0.05, 0.1) is 5.92 Å². The van der Waals surface area contributed by atoms with E-state index >= 15 is 0 Å². The zero-order valence-electron chi connectivity index (χ0n) is 11.2. The highest BCUT2D eigenvalue weighted by Crippen LogP contribution is 2.17. The molecule has 2 nitrogen and oxygen atoms in total. The van der Waals surface area contributed by atoms with Crippen LogP contribution in [0.1, 0.15) is 48.5 Å². The molecule has 0 aromatic heterocycles. The highest BCUT2D eigenvalue weighted by Gasteiger charge is 2.25. The summed E-state index contributed by atoms with van der Waals surface area (Å²) >= 11 is 0. The van der Waals surface area contributed by atoms with Crippen LogP contribution in [0.3, 0.4) is 0 Å². The first-order chi connectivity index (χ1) is 6.82. The van der Waals surface area contributed by atoms with E-state index in [0.717, 1.165) is 5.57 Å². The standard InChI is InChI=1S/C13H25NO/c1-8-11(6)12(7)13(15)14(9(2)3)10(4)5/h8-10,12H,1-7H3/b11-8+/t12-/m1/s1. The van der Waals surface area contributed by atoms with Crippen molar-refractivity contribution in [2.45, 2.75) is 60.5 Å². The molecule has 0 aromatic rings. The maximum atomic E-state index is 12.2. The summed E-state index contributed by atoms with van der Waals surface area (Å²) in [7, 11) is 0. The van der Waals surface area contributed by atoms with E-state index in [4.69, 9.17) is 0 Å². The van der Waals surface area contributed by atoms with E-state index in [1.165, 1.54) is 0 Å². The van der Waals surface area contributed by atoms with E-state index in [2.05, 4.69) is 27.7 Å². The van der Waals surface area contributed by atoms with Gasteiger partial charge in [-0.15, -0.1) is 0 Å². The van der Waals surface area contributed by atoms with Crippen molar-refractivity contribution in [3.05, 3.63) is 11.6 Å². The molecule has 15 heavy (non-hydrogen) atoms. The number of nitrogens with zero attached hydrogens (tertiary/aromatic N) is 1. The normalized spacial score (nSPS) is 14.6. The lowest BCUT2D eigenvalue weighted by atomic mass is 9.99. The average Bonchev–Trinajstić information content (AvgIpc) is 2.14. The van der Waals surface area contributed by atoms with E-state index in [0.29, 0.717) is 0 Å². The van der Waals surface area contributed by atoms with Gasteiger partial charge in [-0.3, -0.25) is 4.79 Å². The number of hydrogen-bond acceptors (Lipinski definition) is 1. The van der Waals surface area contributed by atoms with Gasteiger partial charge >= 0.3 is 0 Å². The quantitative estimate of drug-likeness (QED) is 0.654. The SMILES string of the molecule is C/C=C(\C)[C@@H](C)C(=O)N(C(C)C)C(C)C. The average molecular weight is 211 g/mol. The zero-order chi connectivity index (χ0) is 12.2. The van der Waals surface area contributed by atoms with Crippen molar-refractivity contribution in [2.24, 2.45) is 5.92 Å². The third-order valence-electron chi connectivity index (χ3n) is 2.88. The van der Waals surface area contributed by atoms with Gasteiger partial charge in [0.1, 0.15) is 0 Å². The molecule has 0 unspecified atom stereocenters. The van der Waals surface area contributed by atoms with Crippen molar-refractivity contribution < 1.29 is 4.79 Å². The maximum Gasteiger partial charge on any atom is 0.229 e. The Morgan fingerprint density at radius 1 is 1.07 bits per heavy atom. The highest BCUT2D eigenvalue weighted by atomic mass is 16.2. The summed E-state index contributed by atoms with van der Waals surface area (Å²) < 4.78 is 0. The third kappa shape index (κ3) is 3.69.